The lowest BCUT2D eigenvalue weighted by Gasteiger charge is -2.40. The zero-order valence-electron chi connectivity index (χ0n) is 17.8. The predicted octanol–water partition coefficient (Wildman–Crippen LogP) is 5.13. The van der Waals surface area contributed by atoms with E-state index in [4.69, 9.17) is 5.26 Å². The molecule has 0 radical (unpaired) electrons. The number of rotatable bonds is 3. The van der Waals surface area contributed by atoms with Gasteiger partial charge in [0.15, 0.2) is 5.69 Å². The number of imidazole rings is 1. The van der Waals surface area contributed by atoms with Crippen molar-refractivity contribution in [2.24, 2.45) is 0 Å². The largest absolute Gasteiger partial charge is 0.435 e. The number of nitrogens with one attached hydrogen (secondary N) is 1. The zero-order valence-corrected chi connectivity index (χ0v) is 17.8. The first kappa shape index (κ1) is 21.6. The molecule has 1 saturated heterocycles. The SMILES string of the molecule is Cc1nc(C(F)(F)F)c(-c2cc(C(=O)N3CC(c4ccc(C#N)cc4)C3)c(C)cc2C)[nH]1. The molecule has 2 aromatic carbocycles. The second-order valence-corrected chi connectivity index (χ2v) is 8.17. The molecule has 1 fully saturated rings. The van der Waals surface area contributed by atoms with Gasteiger partial charge in [0.2, 0.25) is 0 Å². The Labute approximate surface area is 183 Å². The number of hydrogen-bond acceptors (Lipinski definition) is 3. The molecule has 1 aliphatic heterocycles. The van der Waals surface area contributed by atoms with Gasteiger partial charge in [0, 0.05) is 30.1 Å². The molecule has 32 heavy (non-hydrogen) atoms. The molecule has 0 aliphatic carbocycles. The molecule has 3 aromatic rings. The number of nitriles is 1. The van der Waals surface area contributed by atoms with E-state index in [1.807, 2.05) is 12.1 Å². The molecule has 1 amide bonds. The molecule has 0 bridgehead atoms. The molecule has 8 heteroatoms. The maximum atomic E-state index is 13.5. The van der Waals surface area contributed by atoms with Gasteiger partial charge in [-0.1, -0.05) is 18.2 Å². The third kappa shape index (κ3) is 3.86. The first-order valence-corrected chi connectivity index (χ1v) is 10.1. The Morgan fingerprint density at radius 2 is 1.78 bits per heavy atom. The Kier molecular flexibility index (Phi) is 5.29. The number of nitrogens with zero attached hydrogens (tertiary/aromatic N) is 3. The summed E-state index contributed by atoms with van der Waals surface area (Å²) in [5, 5.41) is 8.92. The van der Waals surface area contributed by atoms with Crippen molar-refractivity contribution < 1.29 is 18.0 Å². The molecule has 0 saturated carbocycles. The van der Waals surface area contributed by atoms with Crippen LogP contribution in [-0.4, -0.2) is 33.9 Å². The molecule has 4 rings (SSSR count). The molecule has 0 unspecified atom stereocenters. The van der Waals surface area contributed by atoms with Gasteiger partial charge in [-0.3, -0.25) is 4.79 Å². The number of aromatic amines is 1. The van der Waals surface area contributed by atoms with Crippen LogP contribution >= 0.6 is 0 Å². The van der Waals surface area contributed by atoms with E-state index in [0.29, 0.717) is 40.9 Å². The summed E-state index contributed by atoms with van der Waals surface area (Å²) in [6.07, 6.45) is -4.60. The number of benzene rings is 2. The van der Waals surface area contributed by atoms with Gasteiger partial charge in [0.05, 0.1) is 17.3 Å². The fourth-order valence-corrected chi connectivity index (χ4v) is 4.10. The highest BCUT2D eigenvalue weighted by molar-refractivity contribution is 5.98. The van der Waals surface area contributed by atoms with Crippen molar-refractivity contribution in [1.29, 1.82) is 5.26 Å². The maximum absolute atomic E-state index is 13.5. The van der Waals surface area contributed by atoms with Crippen molar-refractivity contribution in [3.63, 3.8) is 0 Å². The minimum Gasteiger partial charge on any atom is -0.342 e. The number of halogens is 3. The first-order chi connectivity index (χ1) is 15.1. The number of aryl methyl sites for hydroxylation is 3. The first-order valence-electron chi connectivity index (χ1n) is 10.1. The van der Waals surface area contributed by atoms with Crippen LogP contribution in [0.3, 0.4) is 0 Å². The Morgan fingerprint density at radius 3 is 2.38 bits per heavy atom. The van der Waals surface area contributed by atoms with Crippen molar-refractivity contribution in [3.05, 3.63) is 75.7 Å². The molecular formula is C24H21F3N4O. The van der Waals surface area contributed by atoms with Crippen molar-refractivity contribution in [2.75, 3.05) is 13.1 Å². The quantitative estimate of drug-likeness (QED) is 0.616. The van der Waals surface area contributed by atoms with Gasteiger partial charge in [-0.25, -0.2) is 4.98 Å². The van der Waals surface area contributed by atoms with Crippen LogP contribution in [0.1, 0.15) is 50.0 Å². The van der Waals surface area contributed by atoms with E-state index in [1.165, 1.54) is 13.0 Å². The second kappa shape index (κ2) is 7.83. The molecule has 0 spiro atoms. The topological polar surface area (TPSA) is 72.8 Å². The maximum Gasteiger partial charge on any atom is 0.435 e. The Balaban J connectivity index is 1.60. The van der Waals surface area contributed by atoms with Crippen LogP contribution in [0, 0.1) is 32.1 Å². The highest BCUT2D eigenvalue weighted by Crippen LogP contribution is 2.38. The van der Waals surface area contributed by atoms with Crippen molar-refractivity contribution >= 4 is 5.91 Å². The molecule has 1 aromatic heterocycles. The van der Waals surface area contributed by atoms with Gasteiger partial charge in [0.25, 0.3) is 5.91 Å². The molecule has 2 heterocycles. The van der Waals surface area contributed by atoms with E-state index in [-0.39, 0.29) is 23.3 Å². The zero-order chi connectivity index (χ0) is 23.2. The summed E-state index contributed by atoms with van der Waals surface area (Å²) in [6, 6.07) is 12.6. The molecular weight excluding hydrogens is 417 g/mol. The average molecular weight is 438 g/mol. The Hall–Kier alpha value is -3.60. The van der Waals surface area contributed by atoms with Crippen LogP contribution in [0.15, 0.2) is 36.4 Å². The predicted molar refractivity (Wildman–Crippen MR) is 113 cm³/mol. The molecule has 164 valence electrons. The third-order valence-electron chi connectivity index (χ3n) is 5.84. The van der Waals surface area contributed by atoms with Gasteiger partial charge in [-0.2, -0.15) is 18.4 Å². The van der Waals surface area contributed by atoms with Crippen LogP contribution in [-0.2, 0) is 6.18 Å². The van der Waals surface area contributed by atoms with Crippen LogP contribution in [0.5, 0.6) is 0 Å². The fraction of sp³-hybridized carbons (Fsp3) is 0.292. The van der Waals surface area contributed by atoms with E-state index in [1.54, 1.807) is 36.9 Å². The summed E-state index contributed by atoms with van der Waals surface area (Å²) < 4.78 is 40.5. The van der Waals surface area contributed by atoms with Crippen LogP contribution in [0.2, 0.25) is 0 Å². The fourth-order valence-electron chi connectivity index (χ4n) is 4.10. The number of alkyl halides is 3. The lowest BCUT2D eigenvalue weighted by Crippen LogP contribution is -2.48. The van der Waals surface area contributed by atoms with E-state index < -0.39 is 11.9 Å². The number of hydrogen-bond donors (Lipinski definition) is 1. The second-order valence-electron chi connectivity index (χ2n) is 8.17. The smallest absolute Gasteiger partial charge is 0.342 e. The van der Waals surface area contributed by atoms with E-state index in [0.717, 1.165) is 5.56 Å². The number of likely N-dealkylation sites (tertiary alicyclic amines) is 1. The van der Waals surface area contributed by atoms with Crippen LogP contribution in [0.4, 0.5) is 13.2 Å². The monoisotopic (exact) mass is 438 g/mol. The summed E-state index contributed by atoms with van der Waals surface area (Å²) in [5.41, 5.74) is 2.56. The minimum absolute atomic E-state index is 0.124. The average Bonchev–Trinajstić information content (AvgIpc) is 3.09. The van der Waals surface area contributed by atoms with Crippen molar-refractivity contribution in [1.82, 2.24) is 14.9 Å². The van der Waals surface area contributed by atoms with Crippen LogP contribution < -0.4 is 0 Å². The van der Waals surface area contributed by atoms with Gasteiger partial charge in [-0.05, 0) is 55.7 Å². The molecule has 0 atom stereocenters. The number of carbonyl (C=O) groups is 1. The van der Waals surface area contributed by atoms with E-state index >= 15 is 0 Å². The van der Waals surface area contributed by atoms with Gasteiger partial charge >= 0.3 is 6.18 Å². The molecule has 1 N–H and O–H groups in total. The summed E-state index contributed by atoms with van der Waals surface area (Å²) in [5.74, 6) is 0.121. The van der Waals surface area contributed by atoms with Gasteiger partial charge in [-0.15, -0.1) is 0 Å². The van der Waals surface area contributed by atoms with Crippen LogP contribution in [0.25, 0.3) is 11.3 Å². The lowest BCUT2D eigenvalue weighted by molar-refractivity contribution is -0.140. The summed E-state index contributed by atoms with van der Waals surface area (Å²) in [4.78, 5) is 21.2. The Morgan fingerprint density at radius 1 is 1.12 bits per heavy atom. The highest BCUT2D eigenvalue weighted by atomic mass is 19.4. The normalized spacial score (nSPS) is 14.2. The van der Waals surface area contributed by atoms with E-state index in [2.05, 4.69) is 16.0 Å². The van der Waals surface area contributed by atoms with Crippen molar-refractivity contribution in [2.45, 2.75) is 32.9 Å². The Bertz CT molecular complexity index is 1230. The number of carbonyl (C=O) groups excluding carboxylic acids is 1. The van der Waals surface area contributed by atoms with Gasteiger partial charge < -0.3 is 9.88 Å². The molecule has 1 aliphatic rings. The number of H-pyrrole nitrogens is 1. The minimum atomic E-state index is -4.60. The number of aromatic nitrogens is 2. The number of amides is 1. The standard InChI is InChI=1S/C24H21F3N4O/c1-13-8-14(2)20(9-19(13)21-22(24(25,26)27)30-15(3)29-21)23(32)31-11-18(12-31)17-6-4-16(10-28)5-7-17/h4-9,18H,11-12H2,1-3H3,(H,29,30). The molecule has 5 nitrogen and oxygen atoms in total. The van der Waals surface area contributed by atoms with E-state index in [9.17, 15) is 18.0 Å². The third-order valence-corrected chi connectivity index (χ3v) is 5.84. The lowest BCUT2D eigenvalue weighted by atomic mass is 9.89. The summed E-state index contributed by atoms with van der Waals surface area (Å²) in [7, 11) is 0. The highest BCUT2D eigenvalue weighted by Gasteiger charge is 2.38. The van der Waals surface area contributed by atoms with Gasteiger partial charge in [0.1, 0.15) is 5.82 Å². The summed E-state index contributed by atoms with van der Waals surface area (Å²) in [6.45, 7) is 6.01. The summed E-state index contributed by atoms with van der Waals surface area (Å²) >= 11 is 0. The van der Waals surface area contributed by atoms with Crippen molar-refractivity contribution in [3.8, 4) is 17.3 Å².